The molecule has 1 aliphatic heterocycles. The normalized spacial score (nSPS) is 23.1. The zero-order valence-electron chi connectivity index (χ0n) is 15.0. The molecule has 6 nitrogen and oxygen atoms in total. The second-order valence-electron chi connectivity index (χ2n) is 7.84. The van der Waals surface area contributed by atoms with Crippen LogP contribution in [0.5, 0.6) is 0 Å². The molecule has 1 aromatic heterocycles. The van der Waals surface area contributed by atoms with Gasteiger partial charge >= 0.3 is 6.03 Å². The number of hydrogen-bond acceptors (Lipinski definition) is 4. The number of fused-ring (bicyclic) bond motifs is 3. The van der Waals surface area contributed by atoms with Crippen LogP contribution in [0.25, 0.3) is 0 Å². The van der Waals surface area contributed by atoms with Crippen molar-refractivity contribution in [3.63, 3.8) is 0 Å². The quantitative estimate of drug-likeness (QED) is 0.843. The van der Waals surface area contributed by atoms with E-state index in [4.69, 9.17) is 16.6 Å². The first-order valence-electron chi connectivity index (χ1n) is 9.57. The fourth-order valence-electron chi connectivity index (χ4n) is 4.15. The van der Waals surface area contributed by atoms with Crippen LogP contribution < -0.4 is 10.6 Å². The molecule has 1 saturated heterocycles. The van der Waals surface area contributed by atoms with Gasteiger partial charge in [0.1, 0.15) is 0 Å². The number of urea groups is 1. The number of hydrogen-bond donors (Lipinski definition) is 2. The summed E-state index contributed by atoms with van der Waals surface area (Å²) in [5, 5.41) is 6.92. The van der Waals surface area contributed by atoms with Gasteiger partial charge in [0.25, 0.3) is 0 Å². The number of halogens is 1. The van der Waals surface area contributed by atoms with Crippen LogP contribution in [0.2, 0.25) is 5.02 Å². The summed E-state index contributed by atoms with van der Waals surface area (Å²) in [6.45, 7) is 2.41. The molecule has 0 radical (unpaired) electrons. The van der Waals surface area contributed by atoms with Crippen LogP contribution in [0.15, 0.2) is 30.5 Å². The summed E-state index contributed by atoms with van der Waals surface area (Å²) in [6.07, 6.45) is 5.52. The van der Waals surface area contributed by atoms with Crippen LogP contribution in [0.1, 0.15) is 30.0 Å². The maximum absolute atomic E-state index is 12.6. The van der Waals surface area contributed by atoms with E-state index >= 15 is 0 Å². The molecule has 27 heavy (non-hydrogen) atoms. The van der Waals surface area contributed by atoms with E-state index in [9.17, 15) is 4.79 Å². The number of rotatable bonds is 4. The van der Waals surface area contributed by atoms with Gasteiger partial charge in [-0.1, -0.05) is 17.7 Å². The summed E-state index contributed by atoms with van der Waals surface area (Å²) in [5.74, 6) is 2.24. The van der Waals surface area contributed by atoms with Crippen molar-refractivity contribution in [3.05, 3.63) is 46.7 Å². The molecule has 2 heterocycles. The summed E-state index contributed by atoms with van der Waals surface area (Å²) in [6, 6.07) is 7.16. The van der Waals surface area contributed by atoms with E-state index in [-0.39, 0.29) is 6.03 Å². The smallest absolute Gasteiger partial charge is 0.321 e. The first kappa shape index (κ1) is 16.8. The van der Waals surface area contributed by atoms with Gasteiger partial charge in [-0.15, -0.1) is 0 Å². The van der Waals surface area contributed by atoms with Gasteiger partial charge < -0.3 is 15.5 Å². The minimum atomic E-state index is -0.0747. The van der Waals surface area contributed by atoms with Crippen molar-refractivity contribution in [2.45, 2.75) is 25.2 Å². The molecule has 2 unspecified atom stereocenters. The van der Waals surface area contributed by atoms with Crippen LogP contribution in [0.3, 0.4) is 0 Å². The SMILES string of the molecule is O=C(Nc1cccc(Cl)c1)N1CC2Cc3cnc(NCC4CC4)nc3C2C1. The monoisotopic (exact) mass is 383 g/mol. The number of nitrogens with zero attached hydrogens (tertiary/aromatic N) is 3. The van der Waals surface area contributed by atoms with Gasteiger partial charge in [0, 0.05) is 42.5 Å². The third-order valence-corrected chi connectivity index (χ3v) is 6.02. The lowest BCUT2D eigenvalue weighted by molar-refractivity contribution is 0.220. The molecular formula is C20H22ClN5O. The van der Waals surface area contributed by atoms with E-state index in [1.165, 1.54) is 18.4 Å². The Bertz CT molecular complexity index is 884. The lowest BCUT2D eigenvalue weighted by Crippen LogP contribution is -2.33. The average molecular weight is 384 g/mol. The third kappa shape index (κ3) is 3.46. The second-order valence-corrected chi connectivity index (χ2v) is 8.28. The molecule has 2 aromatic rings. The molecule has 1 saturated carbocycles. The average Bonchev–Trinajstić information content (AvgIpc) is 3.29. The lowest BCUT2D eigenvalue weighted by Gasteiger charge is -2.18. The summed E-state index contributed by atoms with van der Waals surface area (Å²) >= 11 is 6.00. The van der Waals surface area contributed by atoms with E-state index in [0.29, 0.717) is 23.4 Å². The number of carbonyl (C=O) groups excluding carboxylic acids is 1. The van der Waals surface area contributed by atoms with Gasteiger partial charge in [-0.05, 0) is 54.9 Å². The molecule has 2 N–H and O–H groups in total. The molecule has 3 aliphatic rings. The highest BCUT2D eigenvalue weighted by molar-refractivity contribution is 6.30. The van der Waals surface area contributed by atoms with Crippen molar-refractivity contribution in [2.75, 3.05) is 30.3 Å². The lowest BCUT2D eigenvalue weighted by atomic mass is 9.99. The Hall–Kier alpha value is -2.34. The van der Waals surface area contributed by atoms with Crippen molar-refractivity contribution in [2.24, 2.45) is 11.8 Å². The number of nitrogens with one attached hydrogen (secondary N) is 2. The van der Waals surface area contributed by atoms with Crippen LogP contribution in [-0.4, -0.2) is 40.5 Å². The Kier molecular flexibility index (Phi) is 4.16. The van der Waals surface area contributed by atoms with E-state index in [0.717, 1.165) is 42.8 Å². The maximum atomic E-state index is 12.6. The van der Waals surface area contributed by atoms with E-state index in [1.807, 2.05) is 23.2 Å². The molecule has 2 aliphatic carbocycles. The number of anilines is 2. The van der Waals surface area contributed by atoms with Gasteiger partial charge in [-0.25, -0.2) is 14.8 Å². The minimum absolute atomic E-state index is 0.0747. The summed E-state index contributed by atoms with van der Waals surface area (Å²) < 4.78 is 0. The highest BCUT2D eigenvalue weighted by Crippen LogP contribution is 2.42. The summed E-state index contributed by atoms with van der Waals surface area (Å²) in [5.41, 5.74) is 3.07. The standard InChI is InChI=1S/C20H22ClN5O/c21-15-2-1-3-16(7-15)24-20(27)26-10-14-6-13-9-23-19(22-8-12-4-5-12)25-18(13)17(14)11-26/h1-3,7,9,12,14,17H,4-6,8,10-11H2,(H,24,27)(H,22,23,25). The van der Waals surface area contributed by atoms with E-state index in [2.05, 4.69) is 15.6 Å². The van der Waals surface area contributed by atoms with Gasteiger partial charge in [0.15, 0.2) is 0 Å². The number of aromatic nitrogens is 2. The first-order chi connectivity index (χ1) is 13.2. The van der Waals surface area contributed by atoms with Crippen molar-refractivity contribution >= 4 is 29.3 Å². The Morgan fingerprint density at radius 1 is 1.30 bits per heavy atom. The van der Waals surface area contributed by atoms with Crippen LogP contribution >= 0.6 is 11.6 Å². The third-order valence-electron chi connectivity index (χ3n) is 5.78. The molecule has 5 rings (SSSR count). The Balaban J connectivity index is 1.26. The summed E-state index contributed by atoms with van der Waals surface area (Å²) in [4.78, 5) is 23.8. The van der Waals surface area contributed by atoms with E-state index in [1.54, 1.807) is 12.1 Å². The molecule has 0 spiro atoms. The van der Waals surface area contributed by atoms with Gasteiger partial charge in [0.2, 0.25) is 5.95 Å². The number of benzene rings is 1. The van der Waals surface area contributed by atoms with Crippen molar-refractivity contribution in [3.8, 4) is 0 Å². The molecule has 2 atom stereocenters. The fraction of sp³-hybridized carbons (Fsp3) is 0.450. The van der Waals surface area contributed by atoms with Crippen LogP contribution in [-0.2, 0) is 6.42 Å². The minimum Gasteiger partial charge on any atom is -0.354 e. The van der Waals surface area contributed by atoms with Crippen molar-refractivity contribution in [1.29, 1.82) is 0 Å². The van der Waals surface area contributed by atoms with Gasteiger partial charge in [-0.3, -0.25) is 0 Å². The predicted octanol–water partition coefficient (Wildman–Crippen LogP) is 3.76. The highest BCUT2D eigenvalue weighted by Gasteiger charge is 2.43. The second kappa shape index (κ2) is 6.68. The molecule has 2 fully saturated rings. The Labute approximate surface area is 163 Å². The maximum Gasteiger partial charge on any atom is 0.321 e. The van der Waals surface area contributed by atoms with Crippen LogP contribution in [0.4, 0.5) is 16.4 Å². The Morgan fingerprint density at radius 2 is 2.19 bits per heavy atom. The zero-order valence-corrected chi connectivity index (χ0v) is 15.7. The van der Waals surface area contributed by atoms with E-state index < -0.39 is 0 Å². The van der Waals surface area contributed by atoms with Crippen LogP contribution in [0, 0.1) is 11.8 Å². The zero-order chi connectivity index (χ0) is 18.4. The van der Waals surface area contributed by atoms with Crippen molar-refractivity contribution in [1.82, 2.24) is 14.9 Å². The number of likely N-dealkylation sites (tertiary alicyclic amines) is 1. The van der Waals surface area contributed by atoms with Crippen molar-refractivity contribution < 1.29 is 4.79 Å². The topological polar surface area (TPSA) is 70.2 Å². The highest BCUT2D eigenvalue weighted by atomic mass is 35.5. The van der Waals surface area contributed by atoms with Gasteiger partial charge in [0.05, 0.1) is 5.69 Å². The fourth-order valence-corrected chi connectivity index (χ4v) is 4.34. The molecule has 0 bridgehead atoms. The molecule has 1 aromatic carbocycles. The Morgan fingerprint density at radius 3 is 3.00 bits per heavy atom. The predicted molar refractivity (Wildman–Crippen MR) is 105 cm³/mol. The molecule has 140 valence electrons. The first-order valence-corrected chi connectivity index (χ1v) is 9.94. The largest absolute Gasteiger partial charge is 0.354 e. The molecule has 7 heteroatoms. The molecular weight excluding hydrogens is 362 g/mol. The number of amides is 2. The molecule has 2 amide bonds. The summed E-state index contributed by atoms with van der Waals surface area (Å²) in [7, 11) is 0. The van der Waals surface area contributed by atoms with Gasteiger partial charge in [-0.2, -0.15) is 0 Å². The number of carbonyl (C=O) groups is 1.